The molecular formula is C30H35IN6O6. The summed E-state index contributed by atoms with van der Waals surface area (Å²) in [4.78, 5) is 37.2. The third-order valence-electron chi connectivity index (χ3n) is 5.94. The van der Waals surface area contributed by atoms with Gasteiger partial charge in [0.05, 0.1) is 45.4 Å². The minimum Gasteiger partial charge on any atom is -0.550 e. The molecular weight excluding hydrogens is 667 g/mol. The van der Waals surface area contributed by atoms with E-state index in [1.165, 1.54) is 0 Å². The predicted molar refractivity (Wildman–Crippen MR) is 166 cm³/mol. The number of aromatic amines is 2. The number of carboxylic acid groups (broad SMARTS) is 2. The summed E-state index contributed by atoms with van der Waals surface area (Å²) in [5.41, 5.74) is 1.79. The Balaban J connectivity index is 0.000000246. The molecule has 2 aromatic carbocycles. The highest BCUT2D eigenvalue weighted by molar-refractivity contribution is 14.1. The summed E-state index contributed by atoms with van der Waals surface area (Å²) >= 11 is 2.15. The molecule has 0 aliphatic heterocycles. The Morgan fingerprint density at radius 1 is 0.884 bits per heavy atom. The number of nitrogens with one attached hydrogen (secondary N) is 2. The Morgan fingerprint density at radius 2 is 1.35 bits per heavy atom. The average molecular weight is 703 g/mol. The quantitative estimate of drug-likeness (QED) is 0.165. The molecule has 2 unspecified atom stereocenters. The number of nitrogens with zero attached hydrogens (tertiary/aromatic N) is 4. The third-order valence-corrected chi connectivity index (χ3v) is 5.94. The number of aromatic nitrogens is 6. The SMILES string of the molecule is CI.COc1ccc(C(CC(=O)O)n2ccnc2)cc1.COc1ccc(C(CC(=O)[O-])n2ccnc2)cc1.c1c[nH+]c[nH]1. The molecule has 0 saturated carbocycles. The molecule has 3 N–H and O–H groups in total. The standard InChI is InChI=1S/2C13H14N2O3.C3H4N2.CH3I/c2*1-18-11-4-2-10(3-5-11)12(8-13(16)17)15-7-6-14-9-15;1-2-5-3-4-1;1-2/h2*2-7,9,12H,8H2,1H3,(H,16,17);1-3H,(H,4,5);1H3. The van der Waals surface area contributed by atoms with E-state index >= 15 is 0 Å². The first kappa shape index (κ1) is 34.5. The van der Waals surface area contributed by atoms with Crippen LogP contribution in [-0.2, 0) is 9.59 Å². The molecule has 0 saturated heterocycles. The number of ether oxygens (including phenoxy) is 2. The number of H-pyrrole nitrogens is 2. The molecule has 0 bridgehead atoms. The summed E-state index contributed by atoms with van der Waals surface area (Å²) in [5, 5.41) is 19.8. The molecule has 3 heterocycles. The van der Waals surface area contributed by atoms with Gasteiger partial charge in [-0.05, 0) is 40.3 Å². The first-order valence-electron chi connectivity index (χ1n) is 12.9. The second-order valence-corrected chi connectivity index (χ2v) is 8.58. The maximum atomic E-state index is 10.9. The topological polar surface area (TPSA) is 161 Å². The van der Waals surface area contributed by atoms with E-state index < -0.39 is 11.9 Å². The molecule has 228 valence electrons. The van der Waals surface area contributed by atoms with Crippen molar-refractivity contribution >= 4 is 34.5 Å². The van der Waals surface area contributed by atoms with Crippen LogP contribution in [0.25, 0.3) is 0 Å². The average Bonchev–Trinajstić information content (AvgIpc) is 3.86. The molecule has 0 radical (unpaired) electrons. The minimum absolute atomic E-state index is 0.0166. The Kier molecular flexibility index (Phi) is 15.6. The second-order valence-electron chi connectivity index (χ2n) is 8.58. The van der Waals surface area contributed by atoms with Gasteiger partial charge in [-0.25, -0.2) is 9.97 Å². The van der Waals surface area contributed by atoms with Crippen molar-refractivity contribution in [3.8, 4) is 11.5 Å². The number of carbonyl (C=O) groups is 2. The monoisotopic (exact) mass is 702 g/mol. The first-order chi connectivity index (χ1) is 20.9. The molecule has 13 heteroatoms. The van der Waals surface area contributed by atoms with Gasteiger partial charge in [0.25, 0.3) is 0 Å². The zero-order valence-corrected chi connectivity index (χ0v) is 26.2. The molecule has 5 aromatic rings. The van der Waals surface area contributed by atoms with Crippen molar-refractivity contribution in [3.05, 3.63) is 116 Å². The summed E-state index contributed by atoms with van der Waals surface area (Å²) in [5.74, 6) is -0.455. The van der Waals surface area contributed by atoms with Gasteiger partial charge < -0.3 is 33.6 Å². The van der Waals surface area contributed by atoms with Crippen LogP contribution < -0.4 is 19.6 Å². The molecule has 0 amide bonds. The van der Waals surface area contributed by atoms with Gasteiger partial charge in [-0.15, -0.1) is 0 Å². The fourth-order valence-corrected chi connectivity index (χ4v) is 3.91. The van der Waals surface area contributed by atoms with Crippen molar-refractivity contribution in [2.45, 2.75) is 24.9 Å². The van der Waals surface area contributed by atoms with Crippen LogP contribution >= 0.6 is 22.6 Å². The largest absolute Gasteiger partial charge is 0.550 e. The van der Waals surface area contributed by atoms with Crippen molar-refractivity contribution in [3.63, 3.8) is 0 Å². The molecule has 3 aromatic heterocycles. The summed E-state index contributed by atoms with van der Waals surface area (Å²) in [6, 6.07) is 14.1. The lowest BCUT2D eigenvalue weighted by Crippen LogP contribution is -2.26. The maximum Gasteiger partial charge on any atom is 0.305 e. The number of rotatable bonds is 10. The van der Waals surface area contributed by atoms with Gasteiger partial charge in [0, 0.05) is 37.2 Å². The van der Waals surface area contributed by atoms with Gasteiger partial charge in [-0.3, -0.25) is 14.8 Å². The summed E-state index contributed by atoms with van der Waals surface area (Å²) in [7, 11) is 3.18. The van der Waals surface area contributed by atoms with Crippen LogP contribution in [0.3, 0.4) is 0 Å². The van der Waals surface area contributed by atoms with E-state index in [1.807, 2.05) is 53.7 Å². The summed E-state index contributed by atoms with van der Waals surface area (Å²) < 4.78 is 13.7. The molecule has 2 atom stereocenters. The summed E-state index contributed by atoms with van der Waals surface area (Å²) in [6.07, 6.45) is 15.3. The Morgan fingerprint density at radius 3 is 1.63 bits per heavy atom. The predicted octanol–water partition coefficient (Wildman–Crippen LogP) is 3.46. The molecule has 0 spiro atoms. The van der Waals surface area contributed by atoms with E-state index in [2.05, 4.69) is 42.5 Å². The van der Waals surface area contributed by atoms with Crippen LogP contribution in [0.4, 0.5) is 0 Å². The number of halogens is 1. The van der Waals surface area contributed by atoms with E-state index in [4.69, 9.17) is 14.6 Å². The number of benzene rings is 2. The lowest BCUT2D eigenvalue weighted by Gasteiger charge is -2.19. The van der Waals surface area contributed by atoms with Gasteiger partial charge >= 0.3 is 5.97 Å². The van der Waals surface area contributed by atoms with Crippen molar-refractivity contribution in [2.24, 2.45) is 0 Å². The number of hydrogen-bond acceptors (Lipinski definition) is 7. The Hall–Kier alpha value is -4.66. The van der Waals surface area contributed by atoms with Crippen molar-refractivity contribution in [2.75, 3.05) is 19.2 Å². The van der Waals surface area contributed by atoms with Crippen molar-refractivity contribution < 1.29 is 34.3 Å². The molecule has 0 aliphatic rings. The van der Waals surface area contributed by atoms with Crippen LogP contribution in [0.2, 0.25) is 0 Å². The highest BCUT2D eigenvalue weighted by Crippen LogP contribution is 2.25. The van der Waals surface area contributed by atoms with Gasteiger partial charge in [0.15, 0.2) is 0 Å². The van der Waals surface area contributed by atoms with Gasteiger partial charge in [-0.2, -0.15) is 0 Å². The van der Waals surface area contributed by atoms with Crippen molar-refractivity contribution in [1.29, 1.82) is 0 Å². The fourth-order valence-electron chi connectivity index (χ4n) is 3.91. The van der Waals surface area contributed by atoms with Crippen LogP contribution in [0.1, 0.15) is 36.1 Å². The van der Waals surface area contributed by atoms with E-state index in [0.29, 0.717) is 0 Å². The van der Waals surface area contributed by atoms with Gasteiger partial charge in [0.1, 0.15) is 23.9 Å². The smallest absolute Gasteiger partial charge is 0.305 e. The van der Waals surface area contributed by atoms with Crippen LogP contribution in [0.5, 0.6) is 11.5 Å². The van der Waals surface area contributed by atoms with Gasteiger partial charge in [-0.1, -0.05) is 46.9 Å². The fraction of sp³-hybridized carbons (Fsp3) is 0.233. The Bertz CT molecular complexity index is 1300. The lowest BCUT2D eigenvalue weighted by atomic mass is 10.0. The number of methoxy groups -OCH3 is 2. The van der Waals surface area contributed by atoms with E-state index in [0.717, 1.165) is 22.6 Å². The molecule has 12 nitrogen and oxygen atoms in total. The number of carbonyl (C=O) groups excluding carboxylic acids is 1. The van der Waals surface area contributed by atoms with Crippen LogP contribution in [0, 0.1) is 0 Å². The number of carboxylic acids is 2. The maximum absolute atomic E-state index is 10.9. The number of aliphatic carboxylic acids is 2. The normalized spacial score (nSPS) is 11.2. The van der Waals surface area contributed by atoms with E-state index in [1.54, 1.807) is 79.3 Å². The highest BCUT2D eigenvalue weighted by Gasteiger charge is 2.17. The zero-order chi connectivity index (χ0) is 31.5. The minimum atomic E-state index is -1.09. The number of hydrogen-bond donors (Lipinski definition) is 2. The number of imidazole rings is 3. The Labute approximate surface area is 263 Å². The molecule has 0 aliphatic carbocycles. The van der Waals surface area contributed by atoms with E-state index in [-0.39, 0.29) is 24.9 Å². The molecule has 5 rings (SSSR count). The second kappa shape index (κ2) is 19.5. The third kappa shape index (κ3) is 12.0. The highest BCUT2D eigenvalue weighted by atomic mass is 127. The summed E-state index contributed by atoms with van der Waals surface area (Å²) in [6.45, 7) is 0. The molecule has 0 fully saturated rings. The first-order valence-corrected chi connectivity index (χ1v) is 15.1. The van der Waals surface area contributed by atoms with Crippen LogP contribution in [-0.4, -0.2) is 60.3 Å². The lowest BCUT2D eigenvalue weighted by molar-refractivity contribution is -0.375. The van der Waals surface area contributed by atoms with Crippen molar-refractivity contribution in [1.82, 2.24) is 24.1 Å². The van der Waals surface area contributed by atoms with Gasteiger partial charge in [0.2, 0.25) is 6.33 Å². The van der Waals surface area contributed by atoms with E-state index in [9.17, 15) is 14.7 Å². The zero-order valence-electron chi connectivity index (χ0n) is 24.0. The van der Waals surface area contributed by atoms with Crippen LogP contribution in [0.15, 0.2) is 105 Å². The molecule has 43 heavy (non-hydrogen) atoms. The number of alkyl halides is 1.